The summed E-state index contributed by atoms with van der Waals surface area (Å²) in [5, 5.41) is 22.6. The fourth-order valence-corrected chi connectivity index (χ4v) is 7.24. The Bertz CT molecular complexity index is 2280. The number of ether oxygens (including phenoxy) is 5. The third kappa shape index (κ3) is 30.9. The maximum absolute atomic E-state index is 13.3. The van der Waals surface area contributed by atoms with Gasteiger partial charge in [0, 0.05) is 44.4 Å². The Kier molecular flexibility index (Phi) is 29.4. The van der Waals surface area contributed by atoms with Crippen LogP contribution in [0, 0.1) is 16.0 Å². The van der Waals surface area contributed by atoms with Crippen molar-refractivity contribution < 1.29 is 71.9 Å². The topological polar surface area (TPSA) is 353 Å². The molecule has 8 N–H and O–H groups in total. The van der Waals surface area contributed by atoms with Crippen molar-refractivity contribution in [2.24, 2.45) is 16.6 Å². The highest BCUT2D eigenvalue weighted by Gasteiger charge is 2.29. The average molecular weight is 1080 g/mol. The van der Waals surface area contributed by atoms with Crippen LogP contribution in [0.2, 0.25) is 0 Å². The summed E-state index contributed by atoms with van der Waals surface area (Å²) >= 11 is 0. The van der Waals surface area contributed by atoms with Crippen molar-refractivity contribution in [1.82, 2.24) is 32.0 Å². The molecule has 0 aliphatic rings. The highest BCUT2D eigenvalue weighted by molar-refractivity contribution is 5.90. The van der Waals surface area contributed by atoms with Crippen LogP contribution in [0.25, 0.3) is 0 Å². The molecule has 0 bridgehead atoms. The molecule has 426 valence electrons. The van der Waals surface area contributed by atoms with Gasteiger partial charge in [-0.05, 0) is 92.2 Å². The minimum absolute atomic E-state index is 0.0282. The first-order chi connectivity index (χ1) is 36.3. The number of carbonyl (C=O) groups excluding carboxylic acids is 9. The summed E-state index contributed by atoms with van der Waals surface area (Å²) in [6.45, 7) is 12.7. The van der Waals surface area contributed by atoms with Gasteiger partial charge in [0.05, 0.1) is 18.8 Å². The van der Waals surface area contributed by atoms with E-state index < -0.39 is 113 Å². The summed E-state index contributed by atoms with van der Waals surface area (Å²) < 4.78 is 26.7. The number of hydrogen-bond acceptors (Lipinski definition) is 17. The predicted molar refractivity (Wildman–Crippen MR) is 279 cm³/mol. The molecule has 77 heavy (non-hydrogen) atoms. The molecule has 2 rings (SSSR count). The number of carbonyl (C=O) groups is 9. The van der Waals surface area contributed by atoms with Crippen LogP contribution in [0.1, 0.15) is 131 Å². The van der Waals surface area contributed by atoms with Gasteiger partial charge in [-0.1, -0.05) is 72.5 Å². The lowest BCUT2D eigenvalue weighted by Crippen LogP contribution is -2.52. The molecule has 2 aromatic rings. The van der Waals surface area contributed by atoms with E-state index >= 15 is 0 Å². The quantitative estimate of drug-likeness (QED) is 0.0101. The van der Waals surface area contributed by atoms with Crippen LogP contribution in [-0.4, -0.2) is 120 Å². The van der Waals surface area contributed by atoms with Crippen molar-refractivity contribution in [3.8, 4) is 0 Å². The van der Waals surface area contributed by atoms with Gasteiger partial charge in [0.15, 0.2) is 5.03 Å². The lowest BCUT2D eigenvalue weighted by molar-refractivity contribution is -0.525. The molecule has 0 heterocycles. The Hall–Kier alpha value is -7.86. The van der Waals surface area contributed by atoms with Gasteiger partial charge in [-0.15, -0.1) is 0 Å². The number of guanidine groups is 1. The number of nitrogens with two attached hydrogens (primary N) is 1. The number of nitro groups is 1. The molecule has 7 atom stereocenters. The van der Waals surface area contributed by atoms with Crippen LogP contribution < -0.4 is 37.7 Å². The zero-order chi connectivity index (χ0) is 57.5. The minimum atomic E-state index is -1.25. The minimum Gasteiger partial charge on any atom is -0.462 e. The highest BCUT2D eigenvalue weighted by atomic mass is 16.7. The standard InChI is InChI=1S/C52H77N9O16/c1-33(26-41(62)30-40(48(68)73-31-38-18-11-9-12-19-38)22-15-16-24-55-50(69)74-32-39-20-13-10-14-21-39)56-43(63)27-34(2)57-44(64)28-35(3)75-45(65)29-36(4)76-47(67)37(5)58-46(66)42(59-51(70)77-52(6,7)8)23-17-25-54-49(53)60-61(71)72/h9-14,18-21,33-37,40,42H,15-17,22-32H2,1-8H3,(H,55,69)(H,56,63)(H,57,64)(H,58,66)(H,59,70)(H3,53,54,60)/t33-,34-,35+,36+,37-,40+,42-/m0/s1. The van der Waals surface area contributed by atoms with E-state index in [-0.39, 0.29) is 64.1 Å². The first-order valence-corrected chi connectivity index (χ1v) is 25.4. The molecule has 0 saturated carbocycles. The number of alkyl carbamates (subject to hydrolysis) is 2. The third-order valence-electron chi connectivity index (χ3n) is 10.8. The monoisotopic (exact) mass is 1080 g/mol. The Morgan fingerprint density at radius 2 is 1.22 bits per heavy atom. The largest absolute Gasteiger partial charge is 0.462 e. The van der Waals surface area contributed by atoms with Gasteiger partial charge in [-0.25, -0.2) is 29.5 Å². The molecule has 25 heteroatoms. The van der Waals surface area contributed by atoms with E-state index in [1.54, 1.807) is 40.0 Å². The fourth-order valence-electron chi connectivity index (χ4n) is 7.24. The molecular formula is C52H77N9O16. The van der Waals surface area contributed by atoms with Crippen LogP contribution in [-0.2, 0) is 70.5 Å². The van der Waals surface area contributed by atoms with E-state index in [1.807, 2.05) is 60.7 Å². The molecule has 0 saturated heterocycles. The van der Waals surface area contributed by atoms with Gasteiger partial charge in [-0.2, -0.15) is 0 Å². The smallest absolute Gasteiger partial charge is 0.408 e. The van der Waals surface area contributed by atoms with E-state index in [2.05, 4.69) is 31.6 Å². The van der Waals surface area contributed by atoms with Crippen molar-refractivity contribution >= 4 is 59.6 Å². The van der Waals surface area contributed by atoms with Gasteiger partial charge < -0.3 is 56.0 Å². The lowest BCUT2D eigenvalue weighted by atomic mass is 9.94. The second-order valence-electron chi connectivity index (χ2n) is 19.5. The molecule has 0 fully saturated rings. The number of nitrogens with zero attached hydrogens (tertiary/aromatic N) is 2. The fraction of sp³-hybridized carbons (Fsp3) is 0.577. The summed E-state index contributed by atoms with van der Waals surface area (Å²) in [6.07, 6.45) is -2.97. The molecule has 0 unspecified atom stereocenters. The van der Waals surface area contributed by atoms with E-state index in [0.29, 0.717) is 25.8 Å². The molecule has 0 spiro atoms. The van der Waals surface area contributed by atoms with Crippen molar-refractivity contribution in [2.75, 3.05) is 13.1 Å². The number of amides is 5. The molecule has 0 aromatic heterocycles. The predicted octanol–water partition coefficient (Wildman–Crippen LogP) is 4.11. The summed E-state index contributed by atoms with van der Waals surface area (Å²) in [5.41, 5.74) is 7.84. The summed E-state index contributed by atoms with van der Waals surface area (Å²) in [5.74, 6) is -5.48. The zero-order valence-electron chi connectivity index (χ0n) is 45.2. The molecule has 2 aromatic carbocycles. The van der Waals surface area contributed by atoms with Gasteiger partial charge in [0.1, 0.15) is 48.9 Å². The maximum Gasteiger partial charge on any atom is 0.408 e. The second kappa shape index (κ2) is 34.7. The number of hydrazine groups is 1. The molecular weight excluding hydrogens is 1010 g/mol. The van der Waals surface area contributed by atoms with Crippen molar-refractivity contribution in [3.05, 3.63) is 81.9 Å². The SMILES string of the molecule is C[C@H](CC(=O)N[C@@H](C)CC(=O)N[C@@H](C)CC(=O)C[C@@H](CCCCNC(=O)OCc1ccccc1)C(=O)OCc1ccccc1)OC(=O)C[C@@H](C)OC(=O)[C@H](C)NC(=O)[C@H](CCCN=C(N)N[N+](=O)[O-])NC(=O)OC(C)(C)C. The first kappa shape index (κ1) is 65.3. The molecule has 0 aliphatic carbocycles. The molecule has 0 aliphatic heterocycles. The second-order valence-corrected chi connectivity index (χ2v) is 19.5. The third-order valence-corrected chi connectivity index (χ3v) is 10.8. The van der Waals surface area contributed by atoms with Gasteiger partial charge in [0.25, 0.3) is 5.96 Å². The Labute approximate surface area is 448 Å². The van der Waals surface area contributed by atoms with E-state index in [4.69, 9.17) is 29.4 Å². The zero-order valence-corrected chi connectivity index (χ0v) is 45.2. The summed E-state index contributed by atoms with van der Waals surface area (Å²) in [6, 6.07) is 14.6. The Morgan fingerprint density at radius 3 is 1.82 bits per heavy atom. The van der Waals surface area contributed by atoms with Crippen molar-refractivity contribution in [3.63, 3.8) is 0 Å². The molecule has 25 nitrogen and oxygen atoms in total. The average Bonchev–Trinajstić information content (AvgIpc) is 3.32. The van der Waals surface area contributed by atoms with E-state index in [0.717, 1.165) is 11.1 Å². The lowest BCUT2D eigenvalue weighted by Gasteiger charge is -2.24. The van der Waals surface area contributed by atoms with Crippen LogP contribution >= 0.6 is 0 Å². The summed E-state index contributed by atoms with van der Waals surface area (Å²) in [7, 11) is 0. The van der Waals surface area contributed by atoms with Crippen molar-refractivity contribution in [2.45, 2.75) is 175 Å². The van der Waals surface area contributed by atoms with Crippen LogP contribution in [0.3, 0.4) is 0 Å². The Balaban J connectivity index is 1.79. The van der Waals surface area contributed by atoms with E-state index in [1.165, 1.54) is 20.8 Å². The van der Waals surface area contributed by atoms with Crippen molar-refractivity contribution in [1.29, 1.82) is 0 Å². The maximum atomic E-state index is 13.3. The number of hydrogen-bond donors (Lipinski definition) is 7. The molecule has 5 amide bonds. The number of benzene rings is 2. The number of Topliss-reactive ketones (excluding diaryl/α,β-unsaturated/α-hetero) is 1. The number of unbranched alkanes of at least 4 members (excludes halogenated alkanes) is 1. The van der Waals surface area contributed by atoms with Gasteiger partial charge in [0.2, 0.25) is 17.7 Å². The van der Waals surface area contributed by atoms with Crippen LogP contribution in [0.4, 0.5) is 9.59 Å². The van der Waals surface area contributed by atoms with Gasteiger partial charge >= 0.3 is 30.1 Å². The highest BCUT2D eigenvalue weighted by Crippen LogP contribution is 2.19. The molecule has 0 radical (unpaired) electrons. The van der Waals surface area contributed by atoms with Crippen LogP contribution in [0.15, 0.2) is 65.7 Å². The summed E-state index contributed by atoms with van der Waals surface area (Å²) in [4.78, 5) is 130. The van der Waals surface area contributed by atoms with Gasteiger partial charge in [-0.3, -0.25) is 28.8 Å². The number of rotatable bonds is 33. The number of esters is 3. The number of nitrogens with one attached hydrogen (secondary N) is 6. The Morgan fingerprint density at radius 1 is 0.649 bits per heavy atom. The normalized spacial score (nSPS) is 14.0. The first-order valence-electron chi connectivity index (χ1n) is 25.4. The van der Waals surface area contributed by atoms with Crippen LogP contribution in [0.5, 0.6) is 0 Å². The van der Waals surface area contributed by atoms with E-state index in [9.17, 15) is 53.3 Å². The number of ketones is 1. The number of aliphatic imine (C=N–C) groups is 1.